The topological polar surface area (TPSA) is 46.2 Å². The first-order valence-corrected chi connectivity index (χ1v) is 5.07. The lowest BCUT2D eigenvalue weighted by atomic mass is 9.85. The summed E-state index contributed by atoms with van der Waals surface area (Å²) < 4.78 is 0. The minimum atomic E-state index is -0.112. The van der Waals surface area contributed by atoms with Crippen LogP contribution < -0.4 is 5.32 Å². The van der Waals surface area contributed by atoms with Gasteiger partial charge in [0.15, 0.2) is 0 Å². The second-order valence-electron chi connectivity index (χ2n) is 3.64. The number of nitrogens with one attached hydrogen (secondary N) is 1. The van der Waals surface area contributed by atoms with E-state index in [4.69, 9.17) is 0 Å². The fourth-order valence-corrected chi connectivity index (χ4v) is 1.31. The van der Waals surface area contributed by atoms with Crippen LogP contribution >= 0.6 is 0 Å². The van der Waals surface area contributed by atoms with Crippen LogP contribution in [0.5, 0.6) is 0 Å². The molecule has 1 fully saturated rings. The van der Waals surface area contributed by atoms with Gasteiger partial charge in [-0.15, -0.1) is 0 Å². The zero-order valence-corrected chi connectivity index (χ0v) is 8.14. The van der Waals surface area contributed by atoms with Crippen molar-refractivity contribution in [2.45, 2.75) is 45.4 Å². The van der Waals surface area contributed by atoms with E-state index < -0.39 is 0 Å². The molecule has 0 bridgehead atoms. The van der Waals surface area contributed by atoms with Crippen molar-refractivity contribution in [2.75, 3.05) is 0 Å². The van der Waals surface area contributed by atoms with Crippen molar-refractivity contribution in [1.29, 1.82) is 0 Å². The van der Waals surface area contributed by atoms with E-state index in [0.29, 0.717) is 6.42 Å². The summed E-state index contributed by atoms with van der Waals surface area (Å²) in [6.07, 6.45) is 5.37. The molecule has 0 spiro atoms. The summed E-state index contributed by atoms with van der Waals surface area (Å²) in [6.45, 7) is 2.03. The van der Waals surface area contributed by atoms with Crippen molar-refractivity contribution in [3.8, 4) is 0 Å². The fraction of sp³-hybridized carbons (Fsp3) is 0.800. The number of hydrogen-bond acceptors (Lipinski definition) is 2. The van der Waals surface area contributed by atoms with Gasteiger partial charge in [-0.3, -0.25) is 14.9 Å². The third-order valence-corrected chi connectivity index (χ3v) is 2.50. The van der Waals surface area contributed by atoms with Crippen molar-refractivity contribution in [3.63, 3.8) is 0 Å². The van der Waals surface area contributed by atoms with Gasteiger partial charge in [0.2, 0.25) is 11.8 Å². The Morgan fingerprint density at radius 2 is 2.08 bits per heavy atom. The van der Waals surface area contributed by atoms with Gasteiger partial charge in [-0.1, -0.05) is 19.8 Å². The molecule has 1 rings (SSSR count). The molecule has 0 saturated heterocycles. The molecule has 3 nitrogen and oxygen atoms in total. The Morgan fingerprint density at radius 1 is 1.38 bits per heavy atom. The van der Waals surface area contributed by atoms with Gasteiger partial charge in [0.05, 0.1) is 0 Å². The SMILES string of the molecule is CCCCC(=O)NC(=O)C1CCC1. The molecule has 0 aromatic carbocycles. The van der Waals surface area contributed by atoms with E-state index in [0.717, 1.165) is 32.1 Å². The van der Waals surface area contributed by atoms with Crippen LogP contribution in [0.1, 0.15) is 45.4 Å². The molecule has 1 N–H and O–H groups in total. The molecule has 0 radical (unpaired) electrons. The first-order chi connectivity index (χ1) is 6.24. The second-order valence-corrected chi connectivity index (χ2v) is 3.64. The Bertz CT molecular complexity index is 197. The Morgan fingerprint density at radius 3 is 2.54 bits per heavy atom. The summed E-state index contributed by atoms with van der Waals surface area (Å²) in [6, 6.07) is 0. The van der Waals surface area contributed by atoms with Crippen LogP contribution in [-0.4, -0.2) is 11.8 Å². The number of hydrogen-bond donors (Lipinski definition) is 1. The highest BCUT2D eigenvalue weighted by atomic mass is 16.2. The molecule has 74 valence electrons. The van der Waals surface area contributed by atoms with Gasteiger partial charge >= 0.3 is 0 Å². The molecular weight excluding hydrogens is 166 g/mol. The number of amides is 2. The van der Waals surface area contributed by atoms with E-state index in [9.17, 15) is 9.59 Å². The quantitative estimate of drug-likeness (QED) is 0.719. The number of carbonyl (C=O) groups excluding carboxylic acids is 2. The highest BCUT2D eigenvalue weighted by Crippen LogP contribution is 2.26. The van der Waals surface area contributed by atoms with E-state index in [1.54, 1.807) is 0 Å². The van der Waals surface area contributed by atoms with Crippen LogP contribution in [0.3, 0.4) is 0 Å². The van der Waals surface area contributed by atoms with Crippen molar-refractivity contribution in [1.82, 2.24) is 5.32 Å². The van der Waals surface area contributed by atoms with Gasteiger partial charge in [0, 0.05) is 12.3 Å². The zero-order valence-electron chi connectivity index (χ0n) is 8.14. The summed E-state index contributed by atoms with van der Waals surface area (Å²) >= 11 is 0. The molecule has 13 heavy (non-hydrogen) atoms. The van der Waals surface area contributed by atoms with Gasteiger partial charge in [0.25, 0.3) is 0 Å². The number of rotatable bonds is 4. The first kappa shape index (κ1) is 10.2. The van der Waals surface area contributed by atoms with E-state index >= 15 is 0 Å². The Balaban J connectivity index is 2.15. The van der Waals surface area contributed by atoms with Crippen LogP contribution in [0.2, 0.25) is 0 Å². The molecule has 0 atom stereocenters. The molecule has 1 aliphatic carbocycles. The predicted octanol–water partition coefficient (Wildman–Crippen LogP) is 1.62. The third-order valence-electron chi connectivity index (χ3n) is 2.50. The average Bonchev–Trinajstić information content (AvgIpc) is 1.97. The monoisotopic (exact) mass is 183 g/mol. The summed E-state index contributed by atoms with van der Waals surface area (Å²) in [5.41, 5.74) is 0. The highest BCUT2D eigenvalue weighted by molar-refractivity contribution is 5.96. The van der Waals surface area contributed by atoms with Crippen LogP contribution in [0.4, 0.5) is 0 Å². The Kier molecular flexibility index (Phi) is 3.93. The molecule has 0 heterocycles. The third kappa shape index (κ3) is 3.17. The number of carbonyl (C=O) groups is 2. The smallest absolute Gasteiger partial charge is 0.229 e. The molecule has 2 amide bonds. The maximum atomic E-state index is 11.3. The minimum Gasteiger partial charge on any atom is -0.296 e. The minimum absolute atomic E-state index is 0.0626. The van der Waals surface area contributed by atoms with Crippen LogP contribution in [0.25, 0.3) is 0 Å². The molecule has 0 aliphatic heterocycles. The van der Waals surface area contributed by atoms with E-state index in [1.807, 2.05) is 6.92 Å². The average molecular weight is 183 g/mol. The van der Waals surface area contributed by atoms with Crippen LogP contribution in [0.15, 0.2) is 0 Å². The molecule has 3 heteroatoms. The second kappa shape index (κ2) is 5.00. The van der Waals surface area contributed by atoms with Gasteiger partial charge in [-0.05, 0) is 19.3 Å². The standard InChI is InChI=1S/C10H17NO2/c1-2-3-7-9(12)11-10(13)8-5-4-6-8/h8H,2-7H2,1H3,(H,11,12,13). The van der Waals surface area contributed by atoms with E-state index in [1.165, 1.54) is 0 Å². The largest absolute Gasteiger partial charge is 0.296 e. The molecule has 1 aliphatic rings. The Labute approximate surface area is 78.9 Å². The Hall–Kier alpha value is -0.860. The molecular formula is C10H17NO2. The van der Waals surface area contributed by atoms with Crippen molar-refractivity contribution < 1.29 is 9.59 Å². The van der Waals surface area contributed by atoms with E-state index in [2.05, 4.69) is 5.32 Å². The number of unbranched alkanes of at least 4 members (excludes halogenated alkanes) is 1. The molecule has 0 unspecified atom stereocenters. The lowest BCUT2D eigenvalue weighted by molar-refractivity contribution is -0.134. The lowest BCUT2D eigenvalue weighted by Crippen LogP contribution is -2.38. The highest BCUT2D eigenvalue weighted by Gasteiger charge is 2.25. The van der Waals surface area contributed by atoms with E-state index in [-0.39, 0.29) is 17.7 Å². The van der Waals surface area contributed by atoms with Crippen molar-refractivity contribution in [3.05, 3.63) is 0 Å². The maximum Gasteiger partial charge on any atom is 0.229 e. The first-order valence-electron chi connectivity index (χ1n) is 5.07. The van der Waals surface area contributed by atoms with Gasteiger partial charge < -0.3 is 0 Å². The van der Waals surface area contributed by atoms with Crippen molar-refractivity contribution >= 4 is 11.8 Å². The van der Waals surface area contributed by atoms with Crippen LogP contribution in [-0.2, 0) is 9.59 Å². The lowest BCUT2D eigenvalue weighted by Gasteiger charge is -2.23. The predicted molar refractivity (Wildman–Crippen MR) is 50.0 cm³/mol. The van der Waals surface area contributed by atoms with Gasteiger partial charge in [-0.2, -0.15) is 0 Å². The maximum absolute atomic E-state index is 11.3. The summed E-state index contributed by atoms with van der Waals surface area (Å²) in [5, 5.41) is 2.44. The van der Waals surface area contributed by atoms with Crippen molar-refractivity contribution in [2.24, 2.45) is 5.92 Å². The summed E-state index contributed by atoms with van der Waals surface area (Å²) in [7, 11) is 0. The molecule has 1 saturated carbocycles. The zero-order chi connectivity index (χ0) is 9.68. The van der Waals surface area contributed by atoms with Gasteiger partial charge in [-0.25, -0.2) is 0 Å². The van der Waals surface area contributed by atoms with Crippen LogP contribution in [0, 0.1) is 5.92 Å². The molecule has 0 aromatic rings. The normalized spacial score (nSPS) is 16.4. The summed E-state index contributed by atoms with van der Waals surface area (Å²) in [5.74, 6) is -0.0586. The molecule has 0 aromatic heterocycles. The van der Waals surface area contributed by atoms with Gasteiger partial charge in [0.1, 0.15) is 0 Å². The number of imide groups is 1. The summed E-state index contributed by atoms with van der Waals surface area (Å²) in [4.78, 5) is 22.4. The fourth-order valence-electron chi connectivity index (χ4n) is 1.31.